The number of anilines is 1. The molecule has 1 aromatic carbocycles. The number of imide groups is 2. The van der Waals surface area contributed by atoms with Crippen LogP contribution in [0.2, 0.25) is 0 Å². The van der Waals surface area contributed by atoms with Crippen LogP contribution >= 0.6 is 0 Å². The van der Waals surface area contributed by atoms with Crippen molar-refractivity contribution in [3.63, 3.8) is 0 Å². The zero-order valence-corrected chi connectivity index (χ0v) is 31.6. The van der Waals surface area contributed by atoms with Gasteiger partial charge in [0, 0.05) is 25.2 Å². The lowest BCUT2D eigenvalue weighted by molar-refractivity contribution is -0.136. The number of amides is 5. The van der Waals surface area contributed by atoms with Crippen molar-refractivity contribution in [3.05, 3.63) is 29.3 Å². The Morgan fingerprint density at radius 3 is 1.61 bits per heavy atom. The van der Waals surface area contributed by atoms with E-state index in [-0.39, 0.29) is 24.0 Å². The van der Waals surface area contributed by atoms with E-state index in [9.17, 15) is 24.0 Å². The first-order chi connectivity index (χ1) is 26.1. The van der Waals surface area contributed by atoms with Crippen LogP contribution in [0, 0.1) is 0 Å². The maximum absolute atomic E-state index is 13.1. The number of fused-ring (bicyclic) bond motifs is 1. The van der Waals surface area contributed by atoms with Gasteiger partial charge in [-0.1, -0.05) is 6.07 Å². The topological polar surface area (TPSA) is 208 Å². The summed E-state index contributed by atoms with van der Waals surface area (Å²) in [4.78, 5) is 62.3. The van der Waals surface area contributed by atoms with Gasteiger partial charge in [0.25, 0.3) is 11.8 Å². The Morgan fingerprint density at radius 1 is 0.685 bits per heavy atom. The Bertz CT molecular complexity index is 1320. The van der Waals surface area contributed by atoms with E-state index >= 15 is 0 Å². The molecule has 1 unspecified atom stereocenters. The van der Waals surface area contributed by atoms with E-state index in [2.05, 4.69) is 16.0 Å². The fourth-order valence-electron chi connectivity index (χ4n) is 5.10. The van der Waals surface area contributed by atoms with Gasteiger partial charge in [0.1, 0.15) is 11.6 Å². The lowest BCUT2D eigenvalue weighted by Crippen LogP contribution is -2.54. The number of hydrogen-bond acceptors (Lipinski definition) is 15. The number of carbonyl (C=O) groups excluding carboxylic acids is 5. The SMILES string of the molecule is CC(C)(C)OC(=O)NCCOCCOCCOCCOCCOCCOCCOCCOCCNc1cccc2c1C(=O)N(C1CCC(=O)NC1=O)C2=O. The number of piperidine rings is 1. The van der Waals surface area contributed by atoms with Crippen LogP contribution in [0.5, 0.6) is 0 Å². The molecule has 54 heavy (non-hydrogen) atoms. The minimum Gasteiger partial charge on any atom is -0.444 e. The Morgan fingerprint density at radius 2 is 1.15 bits per heavy atom. The van der Waals surface area contributed by atoms with Crippen molar-refractivity contribution in [2.24, 2.45) is 0 Å². The van der Waals surface area contributed by atoms with Crippen LogP contribution in [-0.2, 0) is 52.2 Å². The first kappa shape index (κ1) is 44.6. The molecular formula is C36H56N4O14. The maximum atomic E-state index is 13.1. The smallest absolute Gasteiger partial charge is 0.407 e. The van der Waals surface area contributed by atoms with Gasteiger partial charge < -0.3 is 53.3 Å². The van der Waals surface area contributed by atoms with Crippen LogP contribution in [0.4, 0.5) is 10.5 Å². The van der Waals surface area contributed by atoms with Gasteiger partial charge in [-0.25, -0.2) is 4.79 Å². The molecular weight excluding hydrogens is 712 g/mol. The zero-order valence-electron chi connectivity index (χ0n) is 31.6. The third kappa shape index (κ3) is 17.2. The predicted octanol–water partition coefficient (Wildman–Crippen LogP) is 1.16. The summed E-state index contributed by atoms with van der Waals surface area (Å²) in [7, 11) is 0. The molecule has 2 aliphatic rings. The molecule has 0 radical (unpaired) electrons. The van der Waals surface area contributed by atoms with E-state index in [0.29, 0.717) is 124 Å². The summed E-state index contributed by atoms with van der Waals surface area (Å²) < 4.78 is 49.0. The first-order valence-electron chi connectivity index (χ1n) is 18.3. The molecule has 18 heteroatoms. The number of ether oxygens (including phenoxy) is 9. The van der Waals surface area contributed by atoms with Crippen LogP contribution < -0.4 is 16.0 Å². The molecule has 0 aliphatic carbocycles. The monoisotopic (exact) mass is 768 g/mol. The van der Waals surface area contributed by atoms with E-state index < -0.39 is 41.4 Å². The highest BCUT2D eigenvalue weighted by Crippen LogP contribution is 2.32. The van der Waals surface area contributed by atoms with E-state index in [0.717, 1.165) is 4.90 Å². The molecule has 0 aromatic heterocycles. The van der Waals surface area contributed by atoms with Gasteiger partial charge in [0.15, 0.2) is 0 Å². The molecule has 3 N–H and O–H groups in total. The van der Waals surface area contributed by atoms with Gasteiger partial charge in [0.05, 0.1) is 117 Å². The molecule has 5 amide bonds. The van der Waals surface area contributed by atoms with E-state index in [1.807, 2.05) is 0 Å². The van der Waals surface area contributed by atoms with Crippen LogP contribution in [0.1, 0.15) is 54.3 Å². The summed E-state index contributed by atoms with van der Waals surface area (Å²) in [5.41, 5.74) is 0.370. The Kier molecular flexibility index (Phi) is 21.0. The molecule has 1 saturated heterocycles. The number of hydrogen-bond donors (Lipinski definition) is 3. The Labute approximate surface area is 316 Å². The van der Waals surface area contributed by atoms with E-state index in [1.165, 1.54) is 0 Å². The molecule has 18 nitrogen and oxygen atoms in total. The maximum Gasteiger partial charge on any atom is 0.407 e. The van der Waals surface area contributed by atoms with Crippen molar-refractivity contribution in [1.82, 2.24) is 15.5 Å². The Hall–Kier alpha value is -3.75. The lowest BCUT2D eigenvalue weighted by Gasteiger charge is -2.27. The second-order valence-corrected chi connectivity index (χ2v) is 12.9. The Balaban J connectivity index is 1.03. The van der Waals surface area contributed by atoms with E-state index in [4.69, 9.17) is 42.6 Å². The quantitative estimate of drug-likeness (QED) is 0.0772. The minimum atomic E-state index is -1.01. The van der Waals surface area contributed by atoms with Crippen molar-refractivity contribution < 1.29 is 66.6 Å². The summed E-state index contributed by atoms with van der Waals surface area (Å²) in [6.45, 7) is 12.9. The highest BCUT2D eigenvalue weighted by Gasteiger charge is 2.45. The average molecular weight is 769 g/mol. The van der Waals surface area contributed by atoms with Crippen molar-refractivity contribution in [3.8, 4) is 0 Å². The van der Waals surface area contributed by atoms with Gasteiger partial charge in [-0.3, -0.25) is 29.4 Å². The highest BCUT2D eigenvalue weighted by molar-refractivity contribution is 6.25. The molecule has 1 fully saturated rings. The average Bonchev–Trinajstić information content (AvgIpc) is 3.38. The predicted molar refractivity (Wildman–Crippen MR) is 192 cm³/mol. The summed E-state index contributed by atoms with van der Waals surface area (Å²) in [6, 6.07) is 3.89. The highest BCUT2D eigenvalue weighted by atomic mass is 16.6. The third-order valence-electron chi connectivity index (χ3n) is 7.55. The van der Waals surface area contributed by atoms with Crippen LogP contribution in [0.25, 0.3) is 0 Å². The van der Waals surface area contributed by atoms with Crippen LogP contribution in [0.15, 0.2) is 18.2 Å². The largest absolute Gasteiger partial charge is 0.444 e. The van der Waals surface area contributed by atoms with Crippen molar-refractivity contribution in [2.75, 3.05) is 124 Å². The van der Waals surface area contributed by atoms with Gasteiger partial charge in [-0.05, 0) is 39.3 Å². The molecule has 2 aliphatic heterocycles. The summed E-state index contributed by atoms with van der Waals surface area (Å²) in [5.74, 6) is -2.18. The normalized spacial score (nSPS) is 15.8. The molecule has 304 valence electrons. The van der Waals surface area contributed by atoms with Crippen molar-refractivity contribution >= 4 is 35.4 Å². The second-order valence-electron chi connectivity index (χ2n) is 12.9. The number of alkyl carbamates (subject to hydrolysis) is 1. The van der Waals surface area contributed by atoms with Crippen molar-refractivity contribution in [2.45, 2.75) is 45.3 Å². The number of benzene rings is 1. The van der Waals surface area contributed by atoms with Gasteiger partial charge >= 0.3 is 6.09 Å². The standard InChI is InChI=1S/C36H56N4O14/c1-36(2,3)54-35(45)38-10-12-47-14-16-49-18-20-51-22-24-53-26-25-52-23-21-50-19-17-48-15-13-46-11-9-37-28-6-4-5-27-31(28)34(44)40(33(27)43)29-7-8-30(41)39-32(29)42/h4-6,29,37H,7-26H2,1-3H3,(H,38,45)(H,39,41,42). The lowest BCUT2D eigenvalue weighted by atomic mass is 10.0. The molecule has 0 saturated carbocycles. The van der Waals surface area contributed by atoms with Gasteiger partial charge in [-0.15, -0.1) is 0 Å². The third-order valence-corrected chi connectivity index (χ3v) is 7.55. The molecule has 1 aromatic rings. The minimum absolute atomic E-state index is 0.0630. The molecule has 2 heterocycles. The van der Waals surface area contributed by atoms with E-state index in [1.54, 1.807) is 39.0 Å². The number of carbonyl (C=O) groups is 5. The fourth-order valence-corrected chi connectivity index (χ4v) is 5.10. The number of rotatable bonds is 29. The fraction of sp³-hybridized carbons (Fsp3) is 0.694. The zero-order chi connectivity index (χ0) is 39.0. The van der Waals surface area contributed by atoms with Gasteiger partial charge in [0.2, 0.25) is 11.8 Å². The molecule has 3 rings (SSSR count). The molecule has 0 spiro atoms. The number of nitrogens with one attached hydrogen (secondary N) is 3. The first-order valence-corrected chi connectivity index (χ1v) is 18.3. The van der Waals surface area contributed by atoms with Crippen molar-refractivity contribution in [1.29, 1.82) is 0 Å². The molecule has 0 bridgehead atoms. The number of nitrogens with zero attached hydrogens (tertiary/aromatic N) is 1. The summed E-state index contributed by atoms with van der Waals surface area (Å²) >= 11 is 0. The van der Waals surface area contributed by atoms with Crippen LogP contribution in [0.3, 0.4) is 0 Å². The van der Waals surface area contributed by atoms with Gasteiger partial charge in [-0.2, -0.15) is 0 Å². The van der Waals surface area contributed by atoms with Crippen LogP contribution in [-0.4, -0.2) is 165 Å². The molecule has 1 atom stereocenters. The second kappa shape index (κ2) is 25.4. The summed E-state index contributed by atoms with van der Waals surface area (Å²) in [5, 5.41) is 7.94. The summed E-state index contributed by atoms with van der Waals surface area (Å²) in [6.07, 6.45) is -0.302.